The zero-order valence-corrected chi connectivity index (χ0v) is 13.7. The molecule has 1 aromatic heterocycles. The molecular weight excluding hydrogens is 331 g/mol. The summed E-state index contributed by atoms with van der Waals surface area (Å²) in [7, 11) is 0. The first kappa shape index (κ1) is 16.1. The van der Waals surface area contributed by atoms with Gasteiger partial charge in [0.05, 0.1) is 10.9 Å². The van der Waals surface area contributed by atoms with E-state index in [0.717, 1.165) is 4.34 Å². The van der Waals surface area contributed by atoms with E-state index in [4.69, 9.17) is 5.73 Å². The van der Waals surface area contributed by atoms with Crippen molar-refractivity contribution in [3.63, 3.8) is 0 Å². The highest BCUT2D eigenvalue weighted by Crippen LogP contribution is 2.30. The molecule has 9 heteroatoms. The first-order valence-electron chi connectivity index (χ1n) is 5.89. The van der Waals surface area contributed by atoms with Crippen LogP contribution >= 0.6 is 34.9 Å². The second kappa shape index (κ2) is 7.10. The quantitative estimate of drug-likeness (QED) is 0.641. The van der Waals surface area contributed by atoms with Crippen molar-refractivity contribution in [2.45, 2.75) is 20.9 Å². The molecule has 0 radical (unpaired) electrons. The van der Waals surface area contributed by atoms with Crippen LogP contribution in [0.25, 0.3) is 0 Å². The van der Waals surface area contributed by atoms with Crippen LogP contribution in [0.4, 0.5) is 15.8 Å². The monoisotopic (exact) mass is 344 g/mol. The Kier molecular flexibility index (Phi) is 5.43. The van der Waals surface area contributed by atoms with Crippen molar-refractivity contribution in [3.05, 3.63) is 24.0 Å². The zero-order chi connectivity index (χ0) is 15.4. The third-order valence-corrected chi connectivity index (χ3v) is 5.54. The average molecular weight is 344 g/mol. The van der Waals surface area contributed by atoms with E-state index < -0.39 is 11.1 Å². The van der Waals surface area contributed by atoms with Crippen molar-refractivity contribution >= 4 is 52.1 Å². The first-order valence-corrected chi connectivity index (χ1v) is 8.81. The Morgan fingerprint density at radius 1 is 1.43 bits per heavy atom. The van der Waals surface area contributed by atoms with Crippen LogP contribution in [0.1, 0.15) is 6.92 Å². The number of carbonyl (C=O) groups excluding carboxylic acids is 1. The van der Waals surface area contributed by atoms with Gasteiger partial charge in [-0.3, -0.25) is 4.79 Å². The molecule has 0 aliphatic heterocycles. The summed E-state index contributed by atoms with van der Waals surface area (Å²) in [5, 5.41) is 10.0. The minimum atomic E-state index is -0.518. The predicted molar refractivity (Wildman–Crippen MR) is 86.5 cm³/mol. The van der Waals surface area contributed by atoms with Gasteiger partial charge in [0.15, 0.2) is 8.68 Å². The fraction of sp³-hybridized carbons (Fsp3) is 0.250. The highest BCUT2D eigenvalue weighted by atomic mass is 32.2. The average Bonchev–Trinajstić information content (AvgIpc) is 2.90. The number of nitrogens with zero attached hydrogens (tertiary/aromatic N) is 2. The first-order chi connectivity index (χ1) is 9.99. The SMILES string of the molecule is CSc1nnc(SC(C)C(=O)Nc2cc(N)ccc2F)s1. The van der Waals surface area contributed by atoms with Gasteiger partial charge < -0.3 is 11.1 Å². The van der Waals surface area contributed by atoms with Gasteiger partial charge in [-0.25, -0.2) is 4.39 Å². The number of nitrogen functional groups attached to an aromatic ring is 1. The number of aromatic nitrogens is 2. The summed E-state index contributed by atoms with van der Waals surface area (Å²) in [5.74, 6) is -0.833. The molecule has 1 heterocycles. The van der Waals surface area contributed by atoms with E-state index >= 15 is 0 Å². The second-order valence-electron chi connectivity index (χ2n) is 4.03. The topological polar surface area (TPSA) is 80.9 Å². The molecule has 0 saturated carbocycles. The van der Waals surface area contributed by atoms with Crippen LogP contribution in [-0.4, -0.2) is 27.6 Å². The lowest BCUT2D eigenvalue weighted by Gasteiger charge is -2.11. The number of nitrogens with two attached hydrogens (primary N) is 1. The van der Waals surface area contributed by atoms with Gasteiger partial charge in [0.25, 0.3) is 0 Å². The Morgan fingerprint density at radius 3 is 2.81 bits per heavy atom. The number of nitrogens with one attached hydrogen (secondary N) is 1. The number of rotatable bonds is 5. The van der Waals surface area contributed by atoms with Crippen LogP contribution in [0.3, 0.4) is 0 Å². The van der Waals surface area contributed by atoms with Crippen LogP contribution in [0.15, 0.2) is 26.9 Å². The lowest BCUT2D eigenvalue weighted by Crippen LogP contribution is -2.23. The summed E-state index contributed by atoms with van der Waals surface area (Å²) in [6.45, 7) is 1.73. The normalized spacial score (nSPS) is 12.1. The molecule has 0 aliphatic carbocycles. The second-order valence-corrected chi connectivity index (χ2v) is 7.65. The smallest absolute Gasteiger partial charge is 0.237 e. The predicted octanol–water partition coefficient (Wildman–Crippen LogP) is 3.10. The molecule has 2 rings (SSSR count). The van der Waals surface area contributed by atoms with Gasteiger partial charge in [-0.2, -0.15) is 0 Å². The van der Waals surface area contributed by atoms with Crippen LogP contribution in [0.2, 0.25) is 0 Å². The molecule has 1 atom stereocenters. The van der Waals surface area contributed by atoms with Crippen molar-refractivity contribution in [3.8, 4) is 0 Å². The Balaban J connectivity index is 2.00. The van der Waals surface area contributed by atoms with Gasteiger partial charge >= 0.3 is 0 Å². The minimum Gasteiger partial charge on any atom is -0.399 e. The number of carbonyl (C=O) groups is 1. The molecule has 21 heavy (non-hydrogen) atoms. The fourth-order valence-electron chi connectivity index (χ4n) is 1.41. The summed E-state index contributed by atoms with van der Waals surface area (Å²) in [6.07, 6.45) is 1.91. The van der Waals surface area contributed by atoms with Gasteiger partial charge in [-0.15, -0.1) is 10.2 Å². The highest BCUT2D eigenvalue weighted by molar-refractivity contribution is 8.03. The third-order valence-electron chi connectivity index (χ3n) is 2.46. The number of hydrogen-bond donors (Lipinski definition) is 2. The standard InChI is InChI=1S/C12H13FN4OS3/c1-6(20-12-17-16-11(19-2)21-12)10(18)15-9-5-7(14)3-4-8(9)13/h3-6H,14H2,1-2H3,(H,15,18). The van der Waals surface area contributed by atoms with Crippen LogP contribution < -0.4 is 11.1 Å². The van der Waals surface area contributed by atoms with Crippen molar-refractivity contribution in [2.75, 3.05) is 17.3 Å². The van der Waals surface area contributed by atoms with Crippen molar-refractivity contribution in [1.82, 2.24) is 10.2 Å². The number of anilines is 2. The maximum atomic E-state index is 13.6. The molecule has 5 nitrogen and oxygen atoms in total. The fourth-order valence-corrected chi connectivity index (χ4v) is 3.99. The van der Waals surface area contributed by atoms with Gasteiger partial charge in [0.2, 0.25) is 5.91 Å². The molecule has 112 valence electrons. The van der Waals surface area contributed by atoms with E-state index in [1.807, 2.05) is 6.26 Å². The Hall–Kier alpha value is -1.32. The van der Waals surface area contributed by atoms with E-state index in [1.54, 1.807) is 6.92 Å². The summed E-state index contributed by atoms with van der Waals surface area (Å²) < 4.78 is 15.1. The van der Waals surface area contributed by atoms with E-state index in [-0.39, 0.29) is 11.6 Å². The number of thioether (sulfide) groups is 2. The van der Waals surface area contributed by atoms with E-state index in [2.05, 4.69) is 15.5 Å². The molecule has 0 spiro atoms. The lowest BCUT2D eigenvalue weighted by molar-refractivity contribution is -0.115. The van der Waals surface area contributed by atoms with Gasteiger partial charge in [0.1, 0.15) is 5.82 Å². The van der Waals surface area contributed by atoms with Gasteiger partial charge in [0, 0.05) is 5.69 Å². The van der Waals surface area contributed by atoms with E-state index in [0.29, 0.717) is 10.0 Å². The van der Waals surface area contributed by atoms with Crippen molar-refractivity contribution in [2.24, 2.45) is 0 Å². The number of halogens is 1. The summed E-state index contributed by atoms with van der Waals surface area (Å²) in [4.78, 5) is 12.1. The minimum absolute atomic E-state index is 0.0783. The molecular formula is C12H13FN4OS3. The molecule has 1 unspecified atom stereocenters. The Bertz CT molecular complexity index is 649. The van der Waals surface area contributed by atoms with Crippen LogP contribution in [0.5, 0.6) is 0 Å². The molecule has 0 saturated heterocycles. The van der Waals surface area contributed by atoms with Crippen LogP contribution in [-0.2, 0) is 4.79 Å². The van der Waals surface area contributed by atoms with Crippen molar-refractivity contribution in [1.29, 1.82) is 0 Å². The summed E-state index contributed by atoms with van der Waals surface area (Å²) in [6, 6.07) is 4.05. The lowest BCUT2D eigenvalue weighted by atomic mass is 10.2. The van der Waals surface area contributed by atoms with Crippen LogP contribution in [0, 0.1) is 5.82 Å². The third kappa shape index (κ3) is 4.32. The molecule has 0 fully saturated rings. The molecule has 0 bridgehead atoms. The molecule has 3 N–H and O–H groups in total. The van der Waals surface area contributed by atoms with Gasteiger partial charge in [-0.05, 0) is 31.4 Å². The zero-order valence-electron chi connectivity index (χ0n) is 11.3. The number of benzene rings is 1. The maximum Gasteiger partial charge on any atom is 0.237 e. The van der Waals surface area contributed by atoms with Gasteiger partial charge in [-0.1, -0.05) is 34.9 Å². The number of amides is 1. The molecule has 2 aromatic rings. The molecule has 1 aromatic carbocycles. The Morgan fingerprint density at radius 2 is 2.14 bits per heavy atom. The summed E-state index contributed by atoms with van der Waals surface area (Å²) >= 11 is 4.20. The highest BCUT2D eigenvalue weighted by Gasteiger charge is 2.18. The summed E-state index contributed by atoms with van der Waals surface area (Å²) in [5.41, 5.74) is 6.05. The van der Waals surface area contributed by atoms with E-state index in [1.165, 1.54) is 53.1 Å². The maximum absolute atomic E-state index is 13.6. The van der Waals surface area contributed by atoms with E-state index in [9.17, 15) is 9.18 Å². The van der Waals surface area contributed by atoms with Crippen molar-refractivity contribution < 1.29 is 9.18 Å². The number of hydrogen-bond acceptors (Lipinski definition) is 7. The Labute approximate surface area is 133 Å². The molecule has 0 aliphatic rings. The largest absolute Gasteiger partial charge is 0.399 e. The molecule has 1 amide bonds.